The van der Waals surface area contributed by atoms with E-state index >= 15 is 0 Å². The van der Waals surface area contributed by atoms with Crippen molar-refractivity contribution in [1.82, 2.24) is 10.2 Å². The van der Waals surface area contributed by atoms with Crippen molar-refractivity contribution in [3.05, 3.63) is 65.2 Å². The molecular formula is C22H28N2O3. The van der Waals surface area contributed by atoms with Crippen LogP contribution in [0.5, 0.6) is 5.75 Å². The number of rotatable bonds is 9. The van der Waals surface area contributed by atoms with E-state index in [0.717, 1.165) is 16.9 Å². The fourth-order valence-electron chi connectivity index (χ4n) is 2.82. The highest BCUT2D eigenvalue weighted by Crippen LogP contribution is 2.18. The molecule has 0 unspecified atom stereocenters. The van der Waals surface area contributed by atoms with Crippen molar-refractivity contribution in [2.75, 3.05) is 20.2 Å². The Morgan fingerprint density at radius 2 is 1.74 bits per heavy atom. The van der Waals surface area contributed by atoms with Gasteiger partial charge in [0, 0.05) is 33.0 Å². The lowest BCUT2D eigenvalue weighted by atomic mass is 10.1. The van der Waals surface area contributed by atoms with Gasteiger partial charge in [-0.2, -0.15) is 0 Å². The molecule has 27 heavy (non-hydrogen) atoms. The minimum absolute atomic E-state index is 0.0313. The topological polar surface area (TPSA) is 58.6 Å². The molecule has 0 heterocycles. The minimum Gasteiger partial charge on any atom is -0.496 e. The number of methoxy groups -OCH3 is 1. The summed E-state index contributed by atoms with van der Waals surface area (Å²) in [5, 5.41) is 2.91. The van der Waals surface area contributed by atoms with Gasteiger partial charge in [-0.3, -0.25) is 9.59 Å². The Balaban J connectivity index is 1.80. The summed E-state index contributed by atoms with van der Waals surface area (Å²) in [5.74, 6) is 0.729. The molecule has 144 valence electrons. The van der Waals surface area contributed by atoms with Gasteiger partial charge in [0.25, 0.3) is 0 Å². The van der Waals surface area contributed by atoms with Crippen LogP contribution >= 0.6 is 0 Å². The third-order valence-electron chi connectivity index (χ3n) is 4.51. The average molecular weight is 368 g/mol. The van der Waals surface area contributed by atoms with Crippen LogP contribution in [0.3, 0.4) is 0 Å². The van der Waals surface area contributed by atoms with Crippen LogP contribution in [0, 0.1) is 6.92 Å². The second-order valence-corrected chi connectivity index (χ2v) is 6.58. The van der Waals surface area contributed by atoms with Crippen LogP contribution in [0.2, 0.25) is 0 Å². The van der Waals surface area contributed by atoms with Crippen molar-refractivity contribution in [2.24, 2.45) is 0 Å². The fourth-order valence-corrected chi connectivity index (χ4v) is 2.82. The molecule has 0 aliphatic carbocycles. The predicted octanol–water partition coefficient (Wildman–Crippen LogP) is 3.10. The number of nitrogens with zero attached hydrogens (tertiary/aromatic N) is 1. The summed E-state index contributed by atoms with van der Waals surface area (Å²) in [5.41, 5.74) is 3.31. The molecular weight excluding hydrogens is 340 g/mol. The Morgan fingerprint density at radius 1 is 1.04 bits per heavy atom. The average Bonchev–Trinajstić information content (AvgIpc) is 2.67. The Hall–Kier alpha value is -2.82. The van der Waals surface area contributed by atoms with Gasteiger partial charge >= 0.3 is 0 Å². The molecule has 0 bridgehead atoms. The number of ether oxygens (including phenoxy) is 1. The van der Waals surface area contributed by atoms with E-state index in [9.17, 15) is 9.59 Å². The third-order valence-corrected chi connectivity index (χ3v) is 4.51. The van der Waals surface area contributed by atoms with E-state index in [1.165, 1.54) is 12.5 Å². The Kier molecular flexibility index (Phi) is 7.86. The molecule has 0 radical (unpaired) electrons. The monoisotopic (exact) mass is 368 g/mol. The summed E-state index contributed by atoms with van der Waals surface area (Å²) in [6.07, 6.45) is 0.978. The molecule has 5 nitrogen and oxygen atoms in total. The normalized spacial score (nSPS) is 10.3. The highest BCUT2D eigenvalue weighted by Gasteiger charge is 2.12. The van der Waals surface area contributed by atoms with Crippen molar-refractivity contribution in [1.29, 1.82) is 0 Å². The first-order valence-electron chi connectivity index (χ1n) is 9.19. The SMILES string of the molecule is COc1ccccc1CCN(CCC(=O)NCc1ccc(C)cc1)C(C)=O. The second-order valence-electron chi connectivity index (χ2n) is 6.58. The quantitative estimate of drug-likeness (QED) is 0.740. The van der Waals surface area contributed by atoms with Crippen LogP contribution in [-0.2, 0) is 22.6 Å². The first-order valence-corrected chi connectivity index (χ1v) is 9.19. The molecule has 0 saturated carbocycles. The molecule has 0 spiro atoms. The standard InChI is InChI=1S/C22H28N2O3/c1-17-8-10-19(11-9-17)16-23-22(26)13-15-24(18(2)25)14-12-20-6-4-5-7-21(20)27-3/h4-11H,12-16H2,1-3H3,(H,23,26). The van der Waals surface area contributed by atoms with Crippen molar-refractivity contribution in [3.8, 4) is 5.75 Å². The van der Waals surface area contributed by atoms with Gasteiger partial charge in [-0.05, 0) is 30.5 Å². The third kappa shape index (κ3) is 6.77. The van der Waals surface area contributed by atoms with E-state index in [0.29, 0.717) is 26.1 Å². The summed E-state index contributed by atoms with van der Waals surface area (Å²) in [4.78, 5) is 25.7. The van der Waals surface area contributed by atoms with Crippen molar-refractivity contribution in [3.63, 3.8) is 0 Å². The maximum Gasteiger partial charge on any atom is 0.222 e. The number of para-hydroxylation sites is 1. The number of hydrogen-bond acceptors (Lipinski definition) is 3. The second kappa shape index (κ2) is 10.4. The summed E-state index contributed by atoms with van der Waals surface area (Å²) < 4.78 is 5.35. The van der Waals surface area contributed by atoms with Crippen molar-refractivity contribution < 1.29 is 14.3 Å². The maximum atomic E-state index is 12.1. The molecule has 1 N–H and O–H groups in total. The highest BCUT2D eigenvalue weighted by atomic mass is 16.5. The first-order chi connectivity index (χ1) is 13.0. The number of carbonyl (C=O) groups excluding carboxylic acids is 2. The van der Waals surface area contributed by atoms with Gasteiger partial charge in [-0.15, -0.1) is 0 Å². The number of hydrogen-bond donors (Lipinski definition) is 1. The Morgan fingerprint density at radius 3 is 2.41 bits per heavy atom. The van der Waals surface area contributed by atoms with E-state index in [4.69, 9.17) is 4.74 Å². The maximum absolute atomic E-state index is 12.1. The van der Waals surface area contributed by atoms with Gasteiger partial charge in [-0.1, -0.05) is 48.0 Å². The minimum atomic E-state index is -0.0564. The molecule has 2 rings (SSSR count). The summed E-state index contributed by atoms with van der Waals surface area (Å²) in [6, 6.07) is 15.8. The summed E-state index contributed by atoms with van der Waals surface area (Å²) in [7, 11) is 1.64. The smallest absolute Gasteiger partial charge is 0.222 e. The largest absolute Gasteiger partial charge is 0.496 e. The van der Waals surface area contributed by atoms with E-state index in [1.807, 2.05) is 55.5 Å². The molecule has 2 aromatic rings. The summed E-state index contributed by atoms with van der Waals surface area (Å²) in [6.45, 7) is 5.03. The molecule has 0 aliphatic heterocycles. The van der Waals surface area contributed by atoms with Crippen LogP contribution in [0.4, 0.5) is 0 Å². The number of amides is 2. The molecule has 0 saturated heterocycles. The molecule has 0 atom stereocenters. The zero-order valence-electron chi connectivity index (χ0n) is 16.3. The van der Waals surface area contributed by atoms with E-state index in [-0.39, 0.29) is 18.2 Å². The van der Waals surface area contributed by atoms with Crippen LogP contribution in [0.15, 0.2) is 48.5 Å². The number of carbonyl (C=O) groups is 2. The molecule has 2 amide bonds. The van der Waals surface area contributed by atoms with Gasteiger partial charge in [0.2, 0.25) is 11.8 Å². The fraction of sp³-hybridized carbons (Fsp3) is 0.364. The number of aryl methyl sites for hydroxylation is 1. The lowest BCUT2D eigenvalue weighted by Crippen LogP contribution is -2.35. The van der Waals surface area contributed by atoms with Crippen molar-refractivity contribution in [2.45, 2.75) is 33.2 Å². The predicted molar refractivity (Wildman–Crippen MR) is 107 cm³/mol. The zero-order valence-corrected chi connectivity index (χ0v) is 16.3. The Labute approximate surface area is 161 Å². The van der Waals surface area contributed by atoms with Crippen LogP contribution in [0.25, 0.3) is 0 Å². The lowest BCUT2D eigenvalue weighted by molar-refractivity contribution is -0.129. The molecule has 0 fully saturated rings. The van der Waals surface area contributed by atoms with Gasteiger partial charge in [0.15, 0.2) is 0 Å². The van der Waals surface area contributed by atoms with Crippen LogP contribution in [-0.4, -0.2) is 36.9 Å². The Bertz CT molecular complexity index is 756. The van der Waals surface area contributed by atoms with Crippen LogP contribution < -0.4 is 10.1 Å². The summed E-state index contributed by atoms with van der Waals surface area (Å²) >= 11 is 0. The molecule has 0 aromatic heterocycles. The van der Waals surface area contributed by atoms with Gasteiger partial charge in [-0.25, -0.2) is 0 Å². The van der Waals surface area contributed by atoms with Crippen LogP contribution in [0.1, 0.15) is 30.0 Å². The van der Waals surface area contributed by atoms with Crippen molar-refractivity contribution >= 4 is 11.8 Å². The van der Waals surface area contributed by atoms with Gasteiger partial charge in [0.05, 0.1) is 7.11 Å². The van der Waals surface area contributed by atoms with Gasteiger partial charge in [0.1, 0.15) is 5.75 Å². The first kappa shape index (κ1) is 20.5. The molecule has 5 heteroatoms. The van der Waals surface area contributed by atoms with E-state index in [1.54, 1.807) is 12.0 Å². The van der Waals surface area contributed by atoms with E-state index in [2.05, 4.69) is 5.32 Å². The number of benzene rings is 2. The number of nitrogens with one attached hydrogen (secondary N) is 1. The molecule has 0 aliphatic rings. The lowest BCUT2D eigenvalue weighted by Gasteiger charge is -2.21. The van der Waals surface area contributed by atoms with E-state index < -0.39 is 0 Å². The zero-order chi connectivity index (χ0) is 19.6. The molecule has 2 aromatic carbocycles. The highest BCUT2D eigenvalue weighted by molar-refractivity contribution is 5.78. The van der Waals surface area contributed by atoms with Gasteiger partial charge < -0.3 is 15.0 Å².